The second-order valence-corrected chi connectivity index (χ2v) is 5.96. The first kappa shape index (κ1) is 19.1. The van der Waals surface area contributed by atoms with Gasteiger partial charge >= 0.3 is 0 Å². The third-order valence-corrected chi connectivity index (χ3v) is 3.66. The van der Waals surface area contributed by atoms with Gasteiger partial charge in [-0.1, -0.05) is 11.6 Å². The van der Waals surface area contributed by atoms with E-state index in [-0.39, 0.29) is 0 Å². The number of hydrogen-bond donors (Lipinski definition) is 1. The molecule has 0 unspecified atom stereocenters. The Kier molecular flexibility index (Phi) is 7.09. The van der Waals surface area contributed by atoms with Crippen LogP contribution in [0, 0.1) is 0 Å². The monoisotopic (exact) mass is 366 g/mol. The van der Waals surface area contributed by atoms with Crippen LogP contribution in [0.3, 0.4) is 0 Å². The molecule has 25 heavy (non-hydrogen) atoms. The molecule has 0 amide bonds. The molecule has 1 heterocycles. The van der Waals surface area contributed by atoms with Crippen molar-refractivity contribution in [3.63, 3.8) is 0 Å². The molecule has 0 saturated heterocycles. The lowest BCUT2D eigenvalue weighted by molar-refractivity contribution is 0.253. The van der Waals surface area contributed by atoms with E-state index in [0.29, 0.717) is 29.9 Å². The standard InChI is InChI=1S/C17H23ClN4O3/c1-22(2)7-8-25-17-14(10-16(18)20-21-17)19-11-12-5-6-13(23-3)9-15(12)24-4/h5-6,9-10H,7-8,11H2,1-4H3,(H,19,20). The van der Waals surface area contributed by atoms with E-state index in [9.17, 15) is 0 Å². The van der Waals surface area contributed by atoms with Crippen molar-refractivity contribution in [3.05, 3.63) is 35.0 Å². The minimum Gasteiger partial charge on any atom is -0.497 e. The van der Waals surface area contributed by atoms with Crippen molar-refractivity contribution in [2.24, 2.45) is 0 Å². The predicted octanol–water partition coefficient (Wildman–Crippen LogP) is 2.70. The first-order chi connectivity index (χ1) is 12.0. The van der Waals surface area contributed by atoms with E-state index in [4.69, 9.17) is 25.8 Å². The second-order valence-electron chi connectivity index (χ2n) is 5.57. The summed E-state index contributed by atoms with van der Waals surface area (Å²) in [6, 6.07) is 7.35. The van der Waals surface area contributed by atoms with Crippen molar-refractivity contribution in [2.45, 2.75) is 6.54 Å². The molecular formula is C17H23ClN4O3. The lowest BCUT2D eigenvalue weighted by atomic mass is 10.2. The van der Waals surface area contributed by atoms with Gasteiger partial charge in [0.1, 0.15) is 23.8 Å². The number of methoxy groups -OCH3 is 2. The molecule has 7 nitrogen and oxygen atoms in total. The van der Waals surface area contributed by atoms with Crippen LogP contribution in [0.1, 0.15) is 5.56 Å². The van der Waals surface area contributed by atoms with E-state index < -0.39 is 0 Å². The number of rotatable bonds is 9. The van der Waals surface area contributed by atoms with E-state index in [1.54, 1.807) is 20.3 Å². The zero-order valence-electron chi connectivity index (χ0n) is 14.9. The fourth-order valence-electron chi connectivity index (χ4n) is 2.10. The van der Waals surface area contributed by atoms with Crippen LogP contribution in [0.15, 0.2) is 24.3 Å². The number of nitrogens with one attached hydrogen (secondary N) is 1. The fraction of sp³-hybridized carbons (Fsp3) is 0.412. The SMILES string of the molecule is COc1ccc(CNc2cc(Cl)nnc2OCCN(C)C)c(OC)c1. The van der Waals surface area contributed by atoms with Crippen LogP contribution in [-0.4, -0.2) is 56.6 Å². The van der Waals surface area contributed by atoms with Gasteiger partial charge in [0.05, 0.1) is 14.2 Å². The highest BCUT2D eigenvalue weighted by Gasteiger charge is 2.10. The predicted molar refractivity (Wildman–Crippen MR) is 98.0 cm³/mol. The average Bonchev–Trinajstić information content (AvgIpc) is 2.61. The largest absolute Gasteiger partial charge is 0.497 e. The van der Waals surface area contributed by atoms with Crippen molar-refractivity contribution in [1.29, 1.82) is 0 Å². The highest BCUT2D eigenvalue weighted by molar-refractivity contribution is 6.29. The first-order valence-corrected chi connectivity index (χ1v) is 8.16. The van der Waals surface area contributed by atoms with Crippen molar-refractivity contribution >= 4 is 17.3 Å². The van der Waals surface area contributed by atoms with E-state index in [2.05, 4.69) is 15.5 Å². The van der Waals surface area contributed by atoms with E-state index in [1.807, 2.05) is 37.2 Å². The molecule has 1 aromatic heterocycles. The average molecular weight is 367 g/mol. The molecule has 0 atom stereocenters. The molecule has 0 aliphatic carbocycles. The lowest BCUT2D eigenvalue weighted by Crippen LogP contribution is -2.20. The van der Waals surface area contributed by atoms with Crippen LogP contribution < -0.4 is 19.5 Å². The summed E-state index contributed by atoms with van der Waals surface area (Å²) >= 11 is 5.96. The lowest BCUT2D eigenvalue weighted by Gasteiger charge is -2.15. The Bertz CT molecular complexity index is 698. The van der Waals surface area contributed by atoms with E-state index in [0.717, 1.165) is 23.6 Å². The van der Waals surface area contributed by atoms with Crippen LogP contribution in [0.2, 0.25) is 5.15 Å². The molecule has 1 N–H and O–H groups in total. The molecule has 0 bridgehead atoms. The highest BCUT2D eigenvalue weighted by Crippen LogP contribution is 2.28. The smallest absolute Gasteiger partial charge is 0.257 e. The van der Waals surface area contributed by atoms with Gasteiger partial charge in [-0.2, -0.15) is 0 Å². The normalized spacial score (nSPS) is 10.6. The molecule has 2 aromatic rings. The number of hydrogen-bond acceptors (Lipinski definition) is 7. The van der Waals surface area contributed by atoms with Gasteiger partial charge in [0.2, 0.25) is 0 Å². The number of ether oxygens (including phenoxy) is 3. The van der Waals surface area contributed by atoms with Gasteiger partial charge in [-0.25, -0.2) is 0 Å². The molecule has 136 valence electrons. The van der Waals surface area contributed by atoms with Crippen LogP contribution >= 0.6 is 11.6 Å². The summed E-state index contributed by atoms with van der Waals surface area (Å²) in [5.74, 6) is 1.88. The number of likely N-dealkylation sites (N-methyl/N-ethyl adjacent to an activating group) is 1. The van der Waals surface area contributed by atoms with Gasteiger partial charge in [-0.15, -0.1) is 10.2 Å². The Labute approximate surface area is 152 Å². The molecular weight excluding hydrogens is 344 g/mol. The summed E-state index contributed by atoms with van der Waals surface area (Å²) in [7, 11) is 7.20. The number of benzene rings is 1. The minimum atomic E-state index is 0.296. The summed E-state index contributed by atoms with van der Waals surface area (Å²) in [6.45, 7) is 1.79. The van der Waals surface area contributed by atoms with Gasteiger partial charge in [-0.05, 0) is 26.2 Å². The van der Waals surface area contributed by atoms with E-state index >= 15 is 0 Å². The summed E-state index contributed by atoms with van der Waals surface area (Å²) in [6.07, 6.45) is 0. The summed E-state index contributed by atoms with van der Waals surface area (Å²) in [5.41, 5.74) is 1.65. The van der Waals surface area contributed by atoms with Crippen molar-refractivity contribution < 1.29 is 14.2 Å². The van der Waals surface area contributed by atoms with Crippen molar-refractivity contribution in [1.82, 2.24) is 15.1 Å². The maximum atomic E-state index is 5.96. The van der Waals surface area contributed by atoms with Crippen molar-refractivity contribution in [2.75, 3.05) is 46.8 Å². The second kappa shape index (κ2) is 9.29. The Morgan fingerprint density at radius 1 is 1.12 bits per heavy atom. The number of anilines is 1. The molecule has 2 rings (SSSR count). The van der Waals surface area contributed by atoms with Crippen molar-refractivity contribution in [3.8, 4) is 17.4 Å². The van der Waals surface area contributed by atoms with E-state index in [1.165, 1.54) is 0 Å². The van der Waals surface area contributed by atoms with Crippen LogP contribution in [0.5, 0.6) is 17.4 Å². The maximum absolute atomic E-state index is 5.96. The third kappa shape index (κ3) is 5.65. The third-order valence-electron chi connectivity index (χ3n) is 3.47. The first-order valence-electron chi connectivity index (χ1n) is 7.79. The highest BCUT2D eigenvalue weighted by atomic mass is 35.5. The summed E-state index contributed by atoms with van der Waals surface area (Å²) < 4.78 is 16.3. The molecule has 0 aliphatic heterocycles. The van der Waals surface area contributed by atoms with Crippen LogP contribution in [-0.2, 0) is 6.54 Å². The Balaban J connectivity index is 2.10. The van der Waals surface area contributed by atoms with Crippen LogP contribution in [0.4, 0.5) is 5.69 Å². The van der Waals surface area contributed by atoms with Gasteiger partial charge in [0, 0.05) is 30.8 Å². The fourth-order valence-corrected chi connectivity index (χ4v) is 2.25. The molecule has 0 saturated carbocycles. The molecule has 0 fully saturated rings. The Hall–Kier alpha value is -2.25. The summed E-state index contributed by atoms with van der Waals surface area (Å²) in [5, 5.41) is 11.4. The number of aromatic nitrogens is 2. The van der Waals surface area contributed by atoms with Crippen LogP contribution in [0.25, 0.3) is 0 Å². The number of halogens is 1. The zero-order chi connectivity index (χ0) is 18.2. The zero-order valence-corrected chi connectivity index (χ0v) is 15.6. The summed E-state index contributed by atoms with van der Waals surface area (Å²) in [4.78, 5) is 2.03. The number of nitrogens with zero attached hydrogens (tertiary/aromatic N) is 3. The van der Waals surface area contributed by atoms with Gasteiger partial charge < -0.3 is 24.4 Å². The van der Waals surface area contributed by atoms with Gasteiger partial charge in [-0.3, -0.25) is 0 Å². The molecule has 1 aromatic carbocycles. The maximum Gasteiger partial charge on any atom is 0.257 e. The van der Waals surface area contributed by atoms with Gasteiger partial charge in [0.15, 0.2) is 5.15 Å². The topological polar surface area (TPSA) is 68.7 Å². The Morgan fingerprint density at radius 3 is 2.60 bits per heavy atom. The quantitative estimate of drug-likeness (QED) is 0.731. The van der Waals surface area contributed by atoms with Gasteiger partial charge in [0.25, 0.3) is 5.88 Å². The molecule has 0 aliphatic rings. The molecule has 0 radical (unpaired) electrons. The molecule has 0 spiro atoms. The Morgan fingerprint density at radius 2 is 1.92 bits per heavy atom. The minimum absolute atomic E-state index is 0.296. The molecule has 8 heteroatoms.